The molecule has 0 atom stereocenters. The smallest absolute Gasteiger partial charge is 0.266 e. The van der Waals surface area contributed by atoms with Gasteiger partial charge in [-0.15, -0.1) is 11.3 Å². The third-order valence-electron chi connectivity index (χ3n) is 1.94. The highest BCUT2D eigenvalue weighted by Gasteiger charge is 2.23. The standard InChI is InChI=1S/C9H7Cl2N3O2S2/c10-6-3-5(12)4-7(11)8(6)18(15,16)14-9-13-1-2-17-9/h1-4H,12H2,(H,13,14). The van der Waals surface area contributed by atoms with Crippen LogP contribution in [-0.2, 0) is 10.0 Å². The fourth-order valence-electron chi connectivity index (χ4n) is 1.28. The van der Waals surface area contributed by atoms with Crippen LogP contribution in [0.2, 0.25) is 10.0 Å². The summed E-state index contributed by atoms with van der Waals surface area (Å²) in [5.41, 5.74) is 5.80. The van der Waals surface area contributed by atoms with Crippen molar-refractivity contribution in [3.05, 3.63) is 33.8 Å². The maximum Gasteiger partial charge on any atom is 0.266 e. The first-order valence-electron chi connectivity index (χ1n) is 4.57. The van der Waals surface area contributed by atoms with E-state index in [0.29, 0.717) is 0 Å². The molecule has 0 fully saturated rings. The van der Waals surface area contributed by atoms with Crippen LogP contribution in [0.4, 0.5) is 10.8 Å². The number of hydrogen-bond donors (Lipinski definition) is 2. The van der Waals surface area contributed by atoms with E-state index in [9.17, 15) is 8.42 Å². The van der Waals surface area contributed by atoms with Gasteiger partial charge in [0.05, 0.1) is 10.0 Å². The average Bonchev–Trinajstić information content (AvgIpc) is 2.66. The average molecular weight is 324 g/mol. The first kappa shape index (κ1) is 13.4. The van der Waals surface area contributed by atoms with Crippen LogP contribution in [-0.4, -0.2) is 13.4 Å². The van der Waals surface area contributed by atoms with E-state index >= 15 is 0 Å². The lowest BCUT2D eigenvalue weighted by Gasteiger charge is -2.09. The predicted octanol–water partition coefficient (Wildman–Crippen LogP) is 2.83. The van der Waals surface area contributed by atoms with Gasteiger partial charge < -0.3 is 5.73 Å². The molecule has 9 heteroatoms. The van der Waals surface area contributed by atoms with Gasteiger partial charge in [0.15, 0.2) is 5.13 Å². The van der Waals surface area contributed by atoms with E-state index in [1.165, 1.54) is 18.3 Å². The normalized spacial score (nSPS) is 11.4. The number of anilines is 2. The zero-order chi connectivity index (χ0) is 13.3. The second-order valence-electron chi connectivity index (χ2n) is 3.26. The summed E-state index contributed by atoms with van der Waals surface area (Å²) in [5.74, 6) is 0. The van der Waals surface area contributed by atoms with Crippen LogP contribution in [0.5, 0.6) is 0 Å². The molecule has 0 saturated heterocycles. The predicted molar refractivity (Wildman–Crippen MR) is 73.8 cm³/mol. The van der Waals surface area contributed by atoms with Crippen molar-refractivity contribution in [1.82, 2.24) is 4.98 Å². The molecule has 2 rings (SSSR count). The lowest BCUT2D eigenvalue weighted by Crippen LogP contribution is -2.14. The van der Waals surface area contributed by atoms with Gasteiger partial charge in [0.1, 0.15) is 4.90 Å². The Bertz CT molecular complexity index is 648. The summed E-state index contributed by atoms with van der Waals surface area (Å²) in [6, 6.07) is 2.65. The van der Waals surface area contributed by atoms with Gasteiger partial charge >= 0.3 is 0 Å². The Morgan fingerprint density at radius 1 is 1.28 bits per heavy atom. The summed E-state index contributed by atoms with van der Waals surface area (Å²) < 4.78 is 26.5. The molecule has 0 aliphatic carbocycles. The molecule has 0 unspecified atom stereocenters. The number of thiazole rings is 1. The molecular formula is C9H7Cl2N3O2S2. The van der Waals surface area contributed by atoms with Crippen molar-refractivity contribution in [3.63, 3.8) is 0 Å². The number of rotatable bonds is 3. The van der Waals surface area contributed by atoms with Crippen molar-refractivity contribution in [2.24, 2.45) is 0 Å². The fraction of sp³-hybridized carbons (Fsp3) is 0. The molecule has 3 N–H and O–H groups in total. The summed E-state index contributed by atoms with van der Waals surface area (Å²) in [5, 5.41) is 1.80. The zero-order valence-electron chi connectivity index (χ0n) is 8.72. The van der Waals surface area contributed by atoms with Gasteiger partial charge in [0.25, 0.3) is 10.0 Å². The minimum absolute atomic E-state index is 0.0379. The Morgan fingerprint density at radius 3 is 2.39 bits per heavy atom. The number of nitrogens with two attached hydrogens (primary N) is 1. The molecule has 0 aliphatic rings. The van der Waals surface area contributed by atoms with Crippen molar-refractivity contribution in [2.45, 2.75) is 4.90 Å². The minimum Gasteiger partial charge on any atom is -0.399 e. The highest BCUT2D eigenvalue weighted by Crippen LogP contribution is 2.33. The van der Waals surface area contributed by atoms with Gasteiger partial charge in [-0.2, -0.15) is 0 Å². The fourth-order valence-corrected chi connectivity index (χ4v) is 4.30. The third-order valence-corrected chi connectivity index (χ3v) is 5.02. The molecule has 2 aromatic rings. The molecular weight excluding hydrogens is 317 g/mol. The van der Waals surface area contributed by atoms with Gasteiger partial charge in [0, 0.05) is 17.3 Å². The van der Waals surface area contributed by atoms with Gasteiger partial charge in [0.2, 0.25) is 0 Å². The van der Waals surface area contributed by atoms with E-state index in [2.05, 4.69) is 9.71 Å². The van der Waals surface area contributed by atoms with E-state index in [4.69, 9.17) is 28.9 Å². The van der Waals surface area contributed by atoms with Gasteiger partial charge in [-0.1, -0.05) is 23.2 Å². The Morgan fingerprint density at radius 2 is 1.89 bits per heavy atom. The number of sulfonamides is 1. The van der Waals surface area contributed by atoms with Crippen molar-refractivity contribution in [1.29, 1.82) is 0 Å². The van der Waals surface area contributed by atoms with Crippen LogP contribution in [0, 0.1) is 0 Å². The number of halogens is 2. The van der Waals surface area contributed by atoms with Crippen molar-refractivity contribution < 1.29 is 8.42 Å². The number of nitrogen functional groups attached to an aromatic ring is 1. The number of aromatic nitrogens is 1. The second kappa shape index (κ2) is 4.93. The first-order valence-corrected chi connectivity index (χ1v) is 7.69. The van der Waals surface area contributed by atoms with Gasteiger partial charge in [-0.3, -0.25) is 4.72 Å². The SMILES string of the molecule is Nc1cc(Cl)c(S(=O)(=O)Nc2nccs2)c(Cl)c1. The topological polar surface area (TPSA) is 85.1 Å². The first-order chi connectivity index (χ1) is 8.40. The lowest BCUT2D eigenvalue weighted by atomic mass is 10.3. The highest BCUT2D eigenvalue weighted by molar-refractivity contribution is 7.93. The Kier molecular flexibility index (Phi) is 3.67. The van der Waals surface area contributed by atoms with Crippen LogP contribution in [0.3, 0.4) is 0 Å². The molecule has 0 spiro atoms. The monoisotopic (exact) mass is 323 g/mol. The summed E-state index contributed by atoms with van der Waals surface area (Å²) >= 11 is 12.9. The molecule has 18 heavy (non-hydrogen) atoms. The number of nitrogens with one attached hydrogen (secondary N) is 1. The van der Waals surface area contributed by atoms with Gasteiger partial charge in [-0.05, 0) is 12.1 Å². The molecule has 1 aromatic carbocycles. The maximum atomic E-state index is 12.1. The molecule has 1 aromatic heterocycles. The van der Waals surface area contributed by atoms with Crippen LogP contribution in [0.25, 0.3) is 0 Å². The molecule has 0 amide bonds. The number of nitrogens with zero attached hydrogens (tertiary/aromatic N) is 1. The van der Waals surface area contributed by atoms with E-state index in [-0.39, 0.29) is 25.8 Å². The molecule has 96 valence electrons. The largest absolute Gasteiger partial charge is 0.399 e. The Hall–Kier alpha value is -1.02. The minimum atomic E-state index is -3.88. The molecule has 5 nitrogen and oxygen atoms in total. The van der Waals surface area contributed by atoms with E-state index < -0.39 is 10.0 Å². The molecule has 0 saturated carbocycles. The van der Waals surface area contributed by atoms with Crippen LogP contribution in [0.1, 0.15) is 0 Å². The molecule has 0 radical (unpaired) electrons. The third kappa shape index (κ3) is 2.69. The summed E-state index contributed by atoms with van der Waals surface area (Å²) in [4.78, 5) is 3.61. The van der Waals surface area contributed by atoms with Crippen molar-refractivity contribution in [2.75, 3.05) is 10.5 Å². The van der Waals surface area contributed by atoms with E-state index in [1.807, 2.05) is 0 Å². The van der Waals surface area contributed by atoms with Crippen molar-refractivity contribution in [3.8, 4) is 0 Å². The van der Waals surface area contributed by atoms with E-state index in [1.54, 1.807) is 5.38 Å². The molecule has 0 bridgehead atoms. The Balaban J connectivity index is 2.48. The van der Waals surface area contributed by atoms with Crippen molar-refractivity contribution >= 4 is 55.4 Å². The quantitative estimate of drug-likeness (QED) is 0.850. The lowest BCUT2D eigenvalue weighted by molar-refractivity contribution is 0.601. The number of benzene rings is 1. The summed E-state index contributed by atoms with van der Waals surface area (Å²) in [6.07, 6.45) is 1.48. The maximum absolute atomic E-state index is 12.1. The second-order valence-corrected chi connectivity index (χ2v) is 6.58. The van der Waals surface area contributed by atoms with Crippen LogP contribution < -0.4 is 10.5 Å². The van der Waals surface area contributed by atoms with Crippen LogP contribution in [0.15, 0.2) is 28.6 Å². The Labute approximate surface area is 118 Å². The zero-order valence-corrected chi connectivity index (χ0v) is 11.9. The highest BCUT2D eigenvalue weighted by atomic mass is 35.5. The summed E-state index contributed by atoms with van der Waals surface area (Å²) in [7, 11) is -3.88. The van der Waals surface area contributed by atoms with E-state index in [0.717, 1.165) is 11.3 Å². The number of hydrogen-bond acceptors (Lipinski definition) is 5. The summed E-state index contributed by atoms with van der Waals surface area (Å²) in [6.45, 7) is 0. The molecule has 0 aliphatic heterocycles. The molecule has 1 heterocycles. The van der Waals surface area contributed by atoms with Gasteiger partial charge in [-0.25, -0.2) is 13.4 Å². The van der Waals surface area contributed by atoms with Crippen LogP contribution >= 0.6 is 34.5 Å².